The van der Waals surface area contributed by atoms with Crippen LogP contribution in [0.25, 0.3) is 0 Å². The number of rotatable bonds is 26. The average Bonchev–Trinajstić information content (AvgIpc) is 2.84. The van der Waals surface area contributed by atoms with Crippen molar-refractivity contribution in [2.45, 2.75) is 175 Å². The fraction of sp³-hybridized carbons (Fsp3) is 0.935. The summed E-state index contributed by atoms with van der Waals surface area (Å²) in [6.07, 6.45) is 27.4. The minimum Gasteiger partial charge on any atom is -0.461 e. The molecule has 0 aromatic heterocycles. The number of carbonyl (C=O) groups is 2. The molecule has 35 heavy (non-hydrogen) atoms. The lowest BCUT2D eigenvalue weighted by Gasteiger charge is -2.21. The van der Waals surface area contributed by atoms with Crippen molar-refractivity contribution in [2.75, 3.05) is 13.6 Å². The Labute approximate surface area is 219 Å². The van der Waals surface area contributed by atoms with Gasteiger partial charge in [-0.2, -0.15) is 0 Å². The normalized spacial score (nSPS) is 12.0. The molecule has 0 radical (unpaired) electrons. The molecular formula is C31H61NO3. The van der Waals surface area contributed by atoms with Crippen LogP contribution in [0.2, 0.25) is 0 Å². The first-order valence-corrected chi connectivity index (χ1v) is 15.5. The molecule has 0 aliphatic carbocycles. The Balaban J connectivity index is 4.14. The second-order valence-corrected chi connectivity index (χ2v) is 10.7. The highest BCUT2D eigenvalue weighted by Gasteiger charge is 2.18. The fourth-order valence-electron chi connectivity index (χ4n) is 4.67. The zero-order valence-electron chi connectivity index (χ0n) is 24.2. The molecule has 0 rings (SSSR count). The van der Waals surface area contributed by atoms with E-state index < -0.39 is 0 Å². The first kappa shape index (κ1) is 33.9. The molecule has 1 unspecified atom stereocenters. The van der Waals surface area contributed by atoms with Crippen molar-refractivity contribution in [3.8, 4) is 0 Å². The van der Waals surface area contributed by atoms with Crippen LogP contribution in [-0.2, 0) is 14.3 Å². The van der Waals surface area contributed by atoms with Crippen LogP contribution >= 0.6 is 0 Å². The molecule has 0 bridgehead atoms. The average molecular weight is 496 g/mol. The van der Waals surface area contributed by atoms with E-state index in [9.17, 15) is 9.59 Å². The molecule has 0 heterocycles. The van der Waals surface area contributed by atoms with Gasteiger partial charge in [0, 0.05) is 13.5 Å². The zero-order chi connectivity index (χ0) is 26.0. The highest BCUT2D eigenvalue weighted by Crippen LogP contribution is 2.17. The molecule has 4 nitrogen and oxygen atoms in total. The van der Waals surface area contributed by atoms with E-state index >= 15 is 0 Å². The lowest BCUT2D eigenvalue weighted by atomic mass is 10.0. The highest BCUT2D eigenvalue weighted by molar-refractivity contribution is 5.81. The van der Waals surface area contributed by atoms with Crippen LogP contribution in [0.5, 0.6) is 0 Å². The summed E-state index contributed by atoms with van der Waals surface area (Å²) in [6.45, 7) is 6.80. The second-order valence-electron chi connectivity index (χ2n) is 10.7. The van der Waals surface area contributed by atoms with Crippen molar-refractivity contribution in [1.82, 2.24) is 4.90 Å². The van der Waals surface area contributed by atoms with E-state index in [4.69, 9.17) is 4.74 Å². The van der Waals surface area contributed by atoms with Crippen LogP contribution in [0.3, 0.4) is 0 Å². The topological polar surface area (TPSA) is 46.6 Å². The molecule has 0 saturated heterocycles. The molecule has 0 saturated carbocycles. The summed E-state index contributed by atoms with van der Waals surface area (Å²) in [7, 11) is 1.74. The third-order valence-corrected chi connectivity index (χ3v) is 7.09. The van der Waals surface area contributed by atoms with Crippen LogP contribution in [0, 0.1) is 0 Å². The summed E-state index contributed by atoms with van der Waals surface area (Å²) >= 11 is 0. The SMILES string of the molecule is CCCCCCCCCCCC(=O)N(C)CC(=O)OC(CCCCCC)CCCCCCCCC. The zero-order valence-corrected chi connectivity index (χ0v) is 24.2. The van der Waals surface area contributed by atoms with Gasteiger partial charge in [-0.3, -0.25) is 9.59 Å². The number of hydrogen-bond donors (Lipinski definition) is 0. The van der Waals surface area contributed by atoms with Gasteiger partial charge in [0.1, 0.15) is 12.6 Å². The van der Waals surface area contributed by atoms with Gasteiger partial charge in [0.15, 0.2) is 0 Å². The molecule has 0 aliphatic rings. The van der Waals surface area contributed by atoms with Gasteiger partial charge in [-0.25, -0.2) is 0 Å². The monoisotopic (exact) mass is 495 g/mol. The van der Waals surface area contributed by atoms with E-state index in [2.05, 4.69) is 20.8 Å². The van der Waals surface area contributed by atoms with Gasteiger partial charge < -0.3 is 9.64 Å². The number of hydrogen-bond acceptors (Lipinski definition) is 3. The molecule has 1 atom stereocenters. The number of ether oxygens (including phenoxy) is 1. The van der Waals surface area contributed by atoms with Crippen LogP contribution in [0.4, 0.5) is 0 Å². The molecule has 0 fully saturated rings. The quantitative estimate of drug-likeness (QED) is 0.0886. The Morgan fingerprint density at radius 3 is 1.40 bits per heavy atom. The molecule has 0 spiro atoms. The minimum atomic E-state index is -0.239. The molecule has 0 aliphatic heterocycles. The Bertz CT molecular complexity index is 480. The molecule has 4 heteroatoms. The Morgan fingerprint density at radius 1 is 0.571 bits per heavy atom. The maximum absolute atomic E-state index is 12.6. The van der Waals surface area contributed by atoms with Crippen molar-refractivity contribution >= 4 is 11.9 Å². The summed E-state index contributed by atoms with van der Waals surface area (Å²) in [6, 6.07) is 0. The molecule has 0 aromatic rings. The summed E-state index contributed by atoms with van der Waals surface area (Å²) in [4.78, 5) is 26.6. The maximum atomic E-state index is 12.6. The van der Waals surface area contributed by atoms with Crippen LogP contribution < -0.4 is 0 Å². The standard InChI is InChI=1S/C31H61NO3/c1-5-8-11-14-16-17-19-21-24-27-30(33)32(4)28-31(34)35-29(25-22-13-10-7-3)26-23-20-18-15-12-9-6-2/h29H,5-28H2,1-4H3. The van der Waals surface area contributed by atoms with Gasteiger partial charge in [0.25, 0.3) is 0 Å². The largest absolute Gasteiger partial charge is 0.461 e. The third-order valence-electron chi connectivity index (χ3n) is 7.09. The van der Waals surface area contributed by atoms with Crippen LogP contribution in [0.1, 0.15) is 168 Å². The first-order valence-electron chi connectivity index (χ1n) is 15.5. The van der Waals surface area contributed by atoms with Crippen LogP contribution in [0.15, 0.2) is 0 Å². The Hall–Kier alpha value is -1.06. The number of esters is 1. The predicted molar refractivity (Wildman–Crippen MR) is 151 cm³/mol. The fourth-order valence-corrected chi connectivity index (χ4v) is 4.67. The number of likely N-dealkylation sites (N-methyl/N-ethyl adjacent to an activating group) is 1. The lowest BCUT2D eigenvalue weighted by Crippen LogP contribution is -2.34. The molecule has 208 valence electrons. The van der Waals surface area contributed by atoms with Gasteiger partial charge in [0.05, 0.1) is 0 Å². The van der Waals surface area contributed by atoms with Gasteiger partial charge in [-0.05, 0) is 32.1 Å². The molecule has 0 N–H and O–H groups in total. The summed E-state index contributed by atoms with van der Waals surface area (Å²) in [5, 5.41) is 0. The van der Waals surface area contributed by atoms with E-state index in [1.807, 2.05) is 0 Å². The summed E-state index contributed by atoms with van der Waals surface area (Å²) in [5.74, 6) is -0.173. The van der Waals surface area contributed by atoms with Crippen molar-refractivity contribution in [1.29, 1.82) is 0 Å². The number of amides is 1. The summed E-state index contributed by atoms with van der Waals surface area (Å²) < 4.78 is 5.86. The van der Waals surface area contributed by atoms with E-state index in [-0.39, 0.29) is 24.5 Å². The second kappa shape index (κ2) is 26.0. The van der Waals surface area contributed by atoms with Gasteiger partial charge in [0.2, 0.25) is 5.91 Å². The van der Waals surface area contributed by atoms with Gasteiger partial charge >= 0.3 is 5.97 Å². The highest BCUT2D eigenvalue weighted by atomic mass is 16.5. The van der Waals surface area contributed by atoms with Crippen LogP contribution in [-0.4, -0.2) is 36.5 Å². The maximum Gasteiger partial charge on any atom is 0.325 e. The summed E-state index contributed by atoms with van der Waals surface area (Å²) in [5.41, 5.74) is 0. The number of unbranched alkanes of at least 4 members (excludes halogenated alkanes) is 17. The van der Waals surface area contributed by atoms with Gasteiger partial charge in [-0.1, -0.05) is 130 Å². The number of carbonyl (C=O) groups excluding carboxylic acids is 2. The first-order chi connectivity index (χ1) is 17.0. The Kier molecular flexibility index (Phi) is 25.2. The number of nitrogens with zero attached hydrogens (tertiary/aromatic N) is 1. The van der Waals surface area contributed by atoms with Crippen molar-refractivity contribution in [3.63, 3.8) is 0 Å². The van der Waals surface area contributed by atoms with Crippen molar-refractivity contribution in [2.24, 2.45) is 0 Å². The van der Waals surface area contributed by atoms with E-state index in [1.54, 1.807) is 11.9 Å². The smallest absolute Gasteiger partial charge is 0.325 e. The molecule has 1 amide bonds. The van der Waals surface area contributed by atoms with E-state index in [0.29, 0.717) is 6.42 Å². The lowest BCUT2D eigenvalue weighted by molar-refractivity contribution is -0.153. The van der Waals surface area contributed by atoms with Crippen molar-refractivity contribution < 1.29 is 14.3 Å². The van der Waals surface area contributed by atoms with Gasteiger partial charge in [-0.15, -0.1) is 0 Å². The predicted octanol–water partition coefficient (Wildman–Crippen LogP) is 9.39. The Morgan fingerprint density at radius 2 is 0.943 bits per heavy atom. The third kappa shape index (κ3) is 23.1. The molecule has 0 aromatic carbocycles. The minimum absolute atomic E-state index is 0.0100. The molecular weight excluding hydrogens is 434 g/mol. The van der Waals surface area contributed by atoms with E-state index in [0.717, 1.165) is 38.5 Å². The van der Waals surface area contributed by atoms with Crippen molar-refractivity contribution in [3.05, 3.63) is 0 Å². The van der Waals surface area contributed by atoms with E-state index in [1.165, 1.54) is 103 Å².